The van der Waals surface area contributed by atoms with E-state index in [1.807, 2.05) is 36.0 Å². The number of thioether (sulfide) groups is 1. The fourth-order valence-electron chi connectivity index (χ4n) is 6.01. The molecule has 0 unspecified atom stereocenters. The molecule has 0 atom stereocenters. The van der Waals surface area contributed by atoms with Crippen LogP contribution in [-0.4, -0.2) is 37.8 Å². The van der Waals surface area contributed by atoms with Gasteiger partial charge >= 0.3 is 6.03 Å². The molecule has 2 fully saturated rings. The van der Waals surface area contributed by atoms with Gasteiger partial charge in [0.1, 0.15) is 0 Å². The fourth-order valence-corrected chi connectivity index (χ4v) is 7.32. The summed E-state index contributed by atoms with van der Waals surface area (Å²) < 4.78 is 0. The lowest BCUT2D eigenvalue weighted by atomic mass is 9.84. The fraction of sp³-hybridized carbons (Fsp3) is 0.364. The Balaban J connectivity index is 1.19. The van der Waals surface area contributed by atoms with Gasteiger partial charge in [0.05, 0.1) is 6.54 Å². The number of amides is 3. The number of carbonyl (C=O) groups excluding carboxylic acids is 2. The number of benzene rings is 3. The first kappa shape index (κ1) is 28.9. The summed E-state index contributed by atoms with van der Waals surface area (Å²) in [4.78, 5) is 29.3. The van der Waals surface area contributed by atoms with Gasteiger partial charge in [-0.3, -0.25) is 15.0 Å². The number of tetrazole rings is 1. The molecule has 9 nitrogen and oxygen atoms in total. The minimum atomic E-state index is -0.337. The van der Waals surface area contributed by atoms with E-state index < -0.39 is 0 Å². The molecule has 43 heavy (non-hydrogen) atoms. The van der Waals surface area contributed by atoms with E-state index in [4.69, 9.17) is 0 Å². The highest BCUT2D eigenvalue weighted by Gasteiger charge is 2.21. The Bertz CT molecular complexity index is 1500. The molecule has 2 aliphatic carbocycles. The van der Waals surface area contributed by atoms with E-state index in [2.05, 4.69) is 67.7 Å². The van der Waals surface area contributed by atoms with Gasteiger partial charge in [0, 0.05) is 27.1 Å². The van der Waals surface area contributed by atoms with Crippen LogP contribution in [0.1, 0.15) is 85.2 Å². The molecule has 1 heterocycles. The molecule has 1 aromatic heterocycles. The molecular formula is C33H37N7O2S. The summed E-state index contributed by atoms with van der Waals surface area (Å²) in [6, 6.07) is 23.6. The van der Waals surface area contributed by atoms with E-state index in [9.17, 15) is 9.59 Å². The van der Waals surface area contributed by atoms with Gasteiger partial charge in [-0.05, 0) is 90.4 Å². The first-order valence-electron chi connectivity index (χ1n) is 15.2. The van der Waals surface area contributed by atoms with E-state index in [1.54, 1.807) is 17.0 Å². The molecule has 3 N–H and O–H groups in total. The molecular weight excluding hydrogens is 558 g/mol. The van der Waals surface area contributed by atoms with Crippen LogP contribution in [0.3, 0.4) is 0 Å². The zero-order chi connectivity index (χ0) is 29.4. The van der Waals surface area contributed by atoms with Crippen molar-refractivity contribution in [2.75, 3.05) is 15.5 Å². The Morgan fingerprint density at radius 1 is 0.860 bits per heavy atom. The SMILES string of the molecule is O=C(Nc1nn[nH]n1)c1ccc(CN(C(=O)Nc2cccc(SC3CCCC3)c2)c2ccc(C3CCCCC3)cc2)cc1. The van der Waals surface area contributed by atoms with Gasteiger partial charge in [-0.2, -0.15) is 5.21 Å². The van der Waals surface area contributed by atoms with E-state index in [0.717, 1.165) is 16.9 Å². The van der Waals surface area contributed by atoms with Crippen molar-refractivity contribution in [1.29, 1.82) is 0 Å². The van der Waals surface area contributed by atoms with Crippen LogP contribution in [0.2, 0.25) is 0 Å². The zero-order valence-corrected chi connectivity index (χ0v) is 25.0. The summed E-state index contributed by atoms with van der Waals surface area (Å²) in [6.07, 6.45) is 11.4. The first-order valence-corrected chi connectivity index (χ1v) is 16.1. The van der Waals surface area contributed by atoms with Gasteiger partial charge in [0.2, 0.25) is 0 Å². The lowest BCUT2D eigenvalue weighted by Gasteiger charge is -2.26. The van der Waals surface area contributed by atoms with E-state index in [1.165, 1.54) is 68.2 Å². The molecule has 0 saturated heterocycles. The summed E-state index contributed by atoms with van der Waals surface area (Å²) in [5, 5.41) is 19.7. The number of urea groups is 1. The van der Waals surface area contributed by atoms with Crippen LogP contribution < -0.4 is 15.5 Å². The zero-order valence-electron chi connectivity index (χ0n) is 24.2. The number of anilines is 3. The Morgan fingerprint density at radius 3 is 2.33 bits per heavy atom. The van der Waals surface area contributed by atoms with Gasteiger partial charge in [-0.15, -0.1) is 16.9 Å². The van der Waals surface area contributed by atoms with E-state index in [0.29, 0.717) is 23.3 Å². The number of aromatic nitrogens is 4. The Labute approximate surface area is 256 Å². The van der Waals surface area contributed by atoms with Gasteiger partial charge in [0.25, 0.3) is 11.9 Å². The van der Waals surface area contributed by atoms with Gasteiger partial charge in [-0.1, -0.05) is 67.5 Å². The van der Waals surface area contributed by atoms with Crippen molar-refractivity contribution in [1.82, 2.24) is 20.6 Å². The Hall–Kier alpha value is -4.18. The minimum absolute atomic E-state index is 0.110. The number of aromatic amines is 1. The maximum atomic E-state index is 13.8. The molecule has 0 spiro atoms. The van der Waals surface area contributed by atoms with Gasteiger partial charge in [-0.25, -0.2) is 4.79 Å². The van der Waals surface area contributed by atoms with E-state index >= 15 is 0 Å². The third-order valence-electron chi connectivity index (χ3n) is 8.34. The predicted molar refractivity (Wildman–Crippen MR) is 171 cm³/mol. The molecule has 0 bridgehead atoms. The monoisotopic (exact) mass is 595 g/mol. The number of hydrogen-bond acceptors (Lipinski definition) is 6. The van der Waals surface area contributed by atoms with Crippen molar-refractivity contribution in [3.8, 4) is 0 Å². The first-order chi connectivity index (χ1) is 21.1. The highest BCUT2D eigenvalue weighted by atomic mass is 32.2. The lowest BCUT2D eigenvalue weighted by Crippen LogP contribution is -2.34. The molecule has 3 aromatic carbocycles. The maximum Gasteiger partial charge on any atom is 0.326 e. The van der Waals surface area contributed by atoms with Crippen molar-refractivity contribution in [2.24, 2.45) is 0 Å². The molecule has 10 heteroatoms. The highest BCUT2D eigenvalue weighted by Crippen LogP contribution is 2.36. The summed E-state index contributed by atoms with van der Waals surface area (Å²) in [5.41, 5.74) is 4.31. The summed E-state index contributed by atoms with van der Waals surface area (Å²) in [7, 11) is 0. The minimum Gasteiger partial charge on any atom is -0.307 e. The average molecular weight is 596 g/mol. The lowest BCUT2D eigenvalue weighted by molar-refractivity contribution is 0.102. The quantitative estimate of drug-likeness (QED) is 0.182. The van der Waals surface area contributed by atoms with Crippen LogP contribution in [-0.2, 0) is 6.54 Å². The van der Waals surface area contributed by atoms with E-state index in [-0.39, 0.29) is 17.9 Å². The third-order valence-corrected chi connectivity index (χ3v) is 9.68. The van der Waals surface area contributed by atoms with Crippen molar-refractivity contribution >= 4 is 41.0 Å². The molecule has 222 valence electrons. The molecule has 0 radical (unpaired) electrons. The predicted octanol–water partition coefficient (Wildman–Crippen LogP) is 7.77. The number of nitrogens with one attached hydrogen (secondary N) is 3. The normalized spacial score (nSPS) is 15.7. The van der Waals surface area contributed by atoms with Crippen LogP contribution in [0.25, 0.3) is 0 Å². The number of rotatable bonds is 9. The van der Waals surface area contributed by atoms with Crippen LogP contribution in [0.5, 0.6) is 0 Å². The largest absolute Gasteiger partial charge is 0.326 e. The second kappa shape index (κ2) is 13.9. The molecule has 0 aliphatic heterocycles. The topological polar surface area (TPSA) is 116 Å². The van der Waals surface area contributed by atoms with Crippen LogP contribution >= 0.6 is 11.8 Å². The van der Waals surface area contributed by atoms with Crippen LogP contribution in [0, 0.1) is 0 Å². The molecule has 2 aliphatic rings. The summed E-state index contributed by atoms with van der Waals surface area (Å²) in [5.74, 6) is 0.367. The van der Waals surface area contributed by atoms with Gasteiger partial charge < -0.3 is 5.32 Å². The molecule has 6 rings (SSSR count). The molecule has 4 aromatic rings. The maximum absolute atomic E-state index is 13.8. The third kappa shape index (κ3) is 7.62. The molecule has 2 saturated carbocycles. The second-order valence-electron chi connectivity index (χ2n) is 11.4. The average Bonchev–Trinajstić information content (AvgIpc) is 3.76. The summed E-state index contributed by atoms with van der Waals surface area (Å²) >= 11 is 1.91. The highest BCUT2D eigenvalue weighted by molar-refractivity contribution is 8.00. The standard InChI is InChI=1S/C33H37N7O2S/c41-31(35-32-36-38-39-37-32)26-15-13-23(14-16-26)22-40(28-19-17-25(18-20-28)24-7-2-1-3-8-24)33(42)34-27-9-6-12-30(21-27)43-29-10-4-5-11-29/h6,9,12-21,24,29H,1-5,7-8,10-11,22H2,(H,34,42)(H2,35,36,37,38,39,41). The number of carbonyl (C=O) groups is 2. The second-order valence-corrected chi connectivity index (χ2v) is 12.8. The summed E-state index contributed by atoms with van der Waals surface area (Å²) in [6.45, 7) is 0.345. The van der Waals surface area contributed by atoms with Crippen molar-refractivity contribution < 1.29 is 9.59 Å². The smallest absolute Gasteiger partial charge is 0.307 e. The number of hydrogen-bond donors (Lipinski definition) is 3. The van der Waals surface area contributed by atoms with Crippen LogP contribution in [0.4, 0.5) is 22.1 Å². The Kier molecular flexibility index (Phi) is 9.32. The van der Waals surface area contributed by atoms with Crippen LogP contribution in [0.15, 0.2) is 77.7 Å². The van der Waals surface area contributed by atoms with Crippen molar-refractivity contribution in [3.63, 3.8) is 0 Å². The Morgan fingerprint density at radius 2 is 1.60 bits per heavy atom. The van der Waals surface area contributed by atoms with Crippen molar-refractivity contribution in [2.45, 2.75) is 80.4 Å². The van der Waals surface area contributed by atoms with Crippen molar-refractivity contribution in [3.05, 3.63) is 89.5 Å². The number of H-pyrrole nitrogens is 1. The molecule has 3 amide bonds. The number of nitrogens with zero attached hydrogens (tertiary/aromatic N) is 4. The van der Waals surface area contributed by atoms with Gasteiger partial charge in [0.15, 0.2) is 0 Å².